The first-order chi connectivity index (χ1) is 15.0. The van der Waals surface area contributed by atoms with E-state index in [0.29, 0.717) is 31.9 Å². The van der Waals surface area contributed by atoms with Gasteiger partial charge in [0.15, 0.2) is 0 Å². The SMILES string of the molecule is O=C(OC(C(=O)N1CCOCC1)c1ccccc1)c1cc([N+](=O)[O-])ccc1NCCO. The molecule has 164 valence electrons. The van der Waals surface area contributed by atoms with E-state index in [4.69, 9.17) is 14.6 Å². The second kappa shape index (κ2) is 10.5. The highest BCUT2D eigenvalue weighted by Crippen LogP contribution is 2.27. The van der Waals surface area contributed by atoms with Gasteiger partial charge in [0.05, 0.1) is 30.3 Å². The third kappa shape index (κ3) is 5.56. The van der Waals surface area contributed by atoms with Crippen LogP contribution in [0.5, 0.6) is 0 Å². The van der Waals surface area contributed by atoms with Crippen LogP contribution >= 0.6 is 0 Å². The van der Waals surface area contributed by atoms with Crippen molar-refractivity contribution in [3.8, 4) is 0 Å². The lowest BCUT2D eigenvalue weighted by atomic mass is 10.1. The van der Waals surface area contributed by atoms with Crippen LogP contribution in [0.3, 0.4) is 0 Å². The molecule has 1 heterocycles. The fourth-order valence-corrected chi connectivity index (χ4v) is 3.17. The Morgan fingerprint density at radius 1 is 1.19 bits per heavy atom. The molecule has 0 saturated carbocycles. The van der Waals surface area contributed by atoms with Crippen LogP contribution in [-0.2, 0) is 14.3 Å². The third-order valence-corrected chi connectivity index (χ3v) is 4.74. The minimum Gasteiger partial charge on any atom is -0.444 e. The molecule has 1 aliphatic heterocycles. The Bertz CT molecular complexity index is 930. The van der Waals surface area contributed by atoms with E-state index in [-0.39, 0.29) is 30.1 Å². The standard InChI is InChI=1S/C21H23N3O7/c25-11-8-22-18-7-6-16(24(28)29)14-17(18)21(27)31-19(15-4-2-1-3-5-15)20(26)23-9-12-30-13-10-23/h1-7,14,19,22,25H,8-13H2. The molecule has 1 aliphatic rings. The summed E-state index contributed by atoms with van der Waals surface area (Å²) in [5.41, 5.74) is 0.355. The van der Waals surface area contributed by atoms with Crippen molar-refractivity contribution in [3.63, 3.8) is 0 Å². The third-order valence-electron chi connectivity index (χ3n) is 4.74. The van der Waals surface area contributed by atoms with Crippen molar-refractivity contribution in [3.05, 3.63) is 69.8 Å². The van der Waals surface area contributed by atoms with Gasteiger partial charge in [-0.25, -0.2) is 4.79 Å². The van der Waals surface area contributed by atoms with Crippen molar-refractivity contribution in [2.45, 2.75) is 6.10 Å². The molecule has 1 atom stereocenters. The van der Waals surface area contributed by atoms with Gasteiger partial charge in [0.2, 0.25) is 6.10 Å². The van der Waals surface area contributed by atoms with Gasteiger partial charge in [-0.2, -0.15) is 0 Å². The lowest BCUT2D eigenvalue weighted by Gasteiger charge is -2.30. The molecule has 31 heavy (non-hydrogen) atoms. The normalized spacial score (nSPS) is 14.5. The van der Waals surface area contributed by atoms with Crippen LogP contribution in [0.25, 0.3) is 0 Å². The number of carbonyl (C=O) groups excluding carboxylic acids is 2. The second-order valence-electron chi connectivity index (χ2n) is 6.77. The molecule has 2 aromatic carbocycles. The van der Waals surface area contributed by atoms with Gasteiger partial charge >= 0.3 is 5.97 Å². The molecule has 10 nitrogen and oxygen atoms in total. The van der Waals surface area contributed by atoms with Crippen molar-refractivity contribution in [1.82, 2.24) is 4.90 Å². The Labute approximate surface area is 178 Å². The van der Waals surface area contributed by atoms with Gasteiger partial charge in [-0.3, -0.25) is 14.9 Å². The Kier molecular flexibility index (Phi) is 7.52. The molecule has 0 bridgehead atoms. The Balaban J connectivity index is 1.91. The number of morpholine rings is 1. The molecule has 0 radical (unpaired) electrons. The largest absolute Gasteiger partial charge is 0.444 e. The van der Waals surface area contributed by atoms with Gasteiger partial charge in [-0.1, -0.05) is 30.3 Å². The molecule has 0 aromatic heterocycles. The summed E-state index contributed by atoms with van der Waals surface area (Å²) in [5.74, 6) is -1.28. The first-order valence-electron chi connectivity index (χ1n) is 9.77. The number of anilines is 1. The zero-order chi connectivity index (χ0) is 22.2. The predicted molar refractivity (Wildman–Crippen MR) is 111 cm³/mol. The van der Waals surface area contributed by atoms with Crippen LogP contribution in [0.15, 0.2) is 48.5 Å². The lowest BCUT2D eigenvalue weighted by Crippen LogP contribution is -2.44. The quantitative estimate of drug-likeness (QED) is 0.369. The van der Waals surface area contributed by atoms with Gasteiger partial charge in [0.25, 0.3) is 11.6 Å². The van der Waals surface area contributed by atoms with E-state index in [2.05, 4.69) is 5.32 Å². The summed E-state index contributed by atoms with van der Waals surface area (Å²) in [6, 6.07) is 12.3. The molecular formula is C21H23N3O7. The van der Waals surface area contributed by atoms with E-state index in [1.807, 2.05) is 0 Å². The number of aliphatic hydroxyl groups excluding tert-OH is 1. The zero-order valence-electron chi connectivity index (χ0n) is 16.7. The average molecular weight is 429 g/mol. The zero-order valence-corrected chi connectivity index (χ0v) is 16.7. The minimum atomic E-state index is -1.21. The van der Waals surface area contributed by atoms with Crippen LogP contribution in [0.4, 0.5) is 11.4 Å². The summed E-state index contributed by atoms with van der Waals surface area (Å²) in [6.07, 6.45) is -1.21. The molecule has 1 unspecified atom stereocenters. The number of hydrogen-bond acceptors (Lipinski definition) is 8. The van der Waals surface area contributed by atoms with E-state index in [9.17, 15) is 19.7 Å². The molecule has 2 N–H and O–H groups in total. The lowest BCUT2D eigenvalue weighted by molar-refractivity contribution is -0.384. The molecule has 0 spiro atoms. The number of esters is 1. The average Bonchev–Trinajstić information content (AvgIpc) is 2.81. The number of non-ortho nitro benzene ring substituents is 1. The molecule has 1 fully saturated rings. The fraction of sp³-hybridized carbons (Fsp3) is 0.333. The highest BCUT2D eigenvalue weighted by atomic mass is 16.6. The minimum absolute atomic E-state index is 0.0987. The maximum Gasteiger partial charge on any atom is 0.341 e. The van der Waals surface area contributed by atoms with Gasteiger partial charge in [-0.15, -0.1) is 0 Å². The number of nitro benzene ring substituents is 1. The summed E-state index contributed by atoms with van der Waals surface area (Å²) in [5, 5.41) is 23.1. The number of nitro groups is 1. The van der Waals surface area contributed by atoms with Crippen molar-refractivity contribution >= 4 is 23.3 Å². The number of ether oxygens (including phenoxy) is 2. The van der Waals surface area contributed by atoms with E-state index < -0.39 is 22.9 Å². The molecule has 3 rings (SSSR count). The van der Waals surface area contributed by atoms with Crippen molar-refractivity contribution < 1.29 is 29.1 Å². The Hall–Kier alpha value is -3.50. The number of amides is 1. The maximum atomic E-state index is 13.1. The summed E-state index contributed by atoms with van der Waals surface area (Å²) >= 11 is 0. The number of nitrogens with one attached hydrogen (secondary N) is 1. The highest BCUT2D eigenvalue weighted by Gasteiger charge is 2.32. The van der Waals surface area contributed by atoms with Crippen LogP contribution < -0.4 is 5.32 Å². The molecule has 0 aliphatic carbocycles. The van der Waals surface area contributed by atoms with Gasteiger partial charge < -0.3 is 24.8 Å². The number of nitrogens with zero attached hydrogens (tertiary/aromatic N) is 2. The number of benzene rings is 2. The van der Waals surface area contributed by atoms with Crippen molar-refractivity contribution in [1.29, 1.82) is 0 Å². The predicted octanol–water partition coefficient (Wildman–Crippen LogP) is 1.76. The molecule has 1 amide bonds. The van der Waals surface area contributed by atoms with Crippen LogP contribution in [0.1, 0.15) is 22.0 Å². The number of aliphatic hydroxyl groups is 1. The maximum absolute atomic E-state index is 13.1. The smallest absolute Gasteiger partial charge is 0.341 e. The van der Waals surface area contributed by atoms with Crippen LogP contribution in [-0.4, -0.2) is 66.3 Å². The van der Waals surface area contributed by atoms with E-state index in [0.717, 1.165) is 6.07 Å². The molecule has 10 heteroatoms. The van der Waals surface area contributed by atoms with Gasteiger partial charge in [-0.05, 0) is 6.07 Å². The van der Waals surface area contributed by atoms with Gasteiger partial charge in [0, 0.05) is 43.0 Å². The van der Waals surface area contributed by atoms with E-state index in [1.165, 1.54) is 12.1 Å². The Morgan fingerprint density at radius 3 is 2.55 bits per heavy atom. The summed E-state index contributed by atoms with van der Waals surface area (Å²) < 4.78 is 10.9. The van der Waals surface area contributed by atoms with Crippen LogP contribution in [0, 0.1) is 10.1 Å². The van der Waals surface area contributed by atoms with Gasteiger partial charge in [0.1, 0.15) is 0 Å². The summed E-state index contributed by atoms with van der Waals surface area (Å²) in [6.45, 7) is 1.46. The summed E-state index contributed by atoms with van der Waals surface area (Å²) in [7, 11) is 0. The number of hydrogen-bond donors (Lipinski definition) is 2. The van der Waals surface area contributed by atoms with Crippen LogP contribution in [0.2, 0.25) is 0 Å². The van der Waals surface area contributed by atoms with E-state index >= 15 is 0 Å². The Morgan fingerprint density at radius 2 is 1.90 bits per heavy atom. The second-order valence-corrected chi connectivity index (χ2v) is 6.77. The van der Waals surface area contributed by atoms with Crippen molar-refractivity contribution in [2.24, 2.45) is 0 Å². The fourth-order valence-electron chi connectivity index (χ4n) is 3.17. The molecular weight excluding hydrogens is 406 g/mol. The number of rotatable bonds is 8. The molecule has 1 saturated heterocycles. The first kappa shape index (κ1) is 22.2. The first-order valence-corrected chi connectivity index (χ1v) is 9.77. The topological polar surface area (TPSA) is 131 Å². The van der Waals surface area contributed by atoms with Crippen molar-refractivity contribution in [2.75, 3.05) is 44.8 Å². The monoisotopic (exact) mass is 429 g/mol. The summed E-state index contributed by atoms with van der Waals surface area (Å²) in [4.78, 5) is 38.3. The molecule has 2 aromatic rings. The van der Waals surface area contributed by atoms with E-state index in [1.54, 1.807) is 35.2 Å². The number of carbonyl (C=O) groups is 2. The highest BCUT2D eigenvalue weighted by molar-refractivity contribution is 5.98.